The third kappa shape index (κ3) is 2.22. The van der Waals surface area contributed by atoms with Crippen molar-refractivity contribution in [1.29, 1.82) is 0 Å². The highest BCUT2D eigenvalue weighted by Crippen LogP contribution is 2.30. The molecule has 1 nitrogen and oxygen atoms in total. The van der Waals surface area contributed by atoms with Crippen molar-refractivity contribution in [3.63, 3.8) is 0 Å². The normalized spacial score (nSPS) is 11.8. The number of aliphatic hydroxyl groups excluding tert-OH is 1. The Bertz CT molecular complexity index is 326. The summed E-state index contributed by atoms with van der Waals surface area (Å²) >= 11 is 5.78. The maximum absolute atomic E-state index is 13.0. The third-order valence-corrected chi connectivity index (χ3v) is 2.41. The number of hydrogen-bond donors (Lipinski definition) is 1. The van der Waals surface area contributed by atoms with E-state index in [1.165, 1.54) is 12.1 Å². The molecular formula is C10H11ClF2O. The van der Waals surface area contributed by atoms with E-state index in [-0.39, 0.29) is 5.56 Å². The van der Waals surface area contributed by atoms with Crippen LogP contribution in [0.25, 0.3) is 0 Å². The monoisotopic (exact) mass is 220 g/mol. The van der Waals surface area contributed by atoms with Crippen LogP contribution < -0.4 is 0 Å². The molecule has 0 aliphatic carbocycles. The van der Waals surface area contributed by atoms with E-state index in [0.29, 0.717) is 11.4 Å². The Kier molecular flexibility index (Phi) is 3.45. The summed E-state index contributed by atoms with van der Waals surface area (Å²) in [6, 6.07) is 4.05. The average molecular weight is 221 g/mol. The Hall–Kier alpha value is -0.670. The number of alkyl halides is 2. The second kappa shape index (κ2) is 4.24. The topological polar surface area (TPSA) is 20.2 Å². The van der Waals surface area contributed by atoms with E-state index >= 15 is 0 Å². The number of benzene rings is 1. The minimum Gasteiger partial charge on any atom is -0.390 e. The molecule has 0 amide bonds. The van der Waals surface area contributed by atoms with Gasteiger partial charge in [-0.25, -0.2) is 0 Å². The highest BCUT2D eigenvalue weighted by atomic mass is 35.5. The molecule has 0 bridgehead atoms. The zero-order chi connectivity index (χ0) is 10.8. The van der Waals surface area contributed by atoms with Crippen LogP contribution in [0.15, 0.2) is 18.2 Å². The van der Waals surface area contributed by atoms with Crippen LogP contribution in [0.1, 0.15) is 18.1 Å². The van der Waals surface area contributed by atoms with Gasteiger partial charge in [0.15, 0.2) is 0 Å². The maximum atomic E-state index is 13.0. The van der Waals surface area contributed by atoms with Crippen LogP contribution in [0, 0.1) is 0 Å². The molecule has 1 aromatic rings. The zero-order valence-electron chi connectivity index (χ0n) is 7.73. The molecule has 1 aromatic carbocycles. The second-order valence-corrected chi connectivity index (χ2v) is 3.43. The fourth-order valence-corrected chi connectivity index (χ4v) is 1.47. The molecule has 1 rings (SSSR count). The number of halogens is 3. The molecular weight excluding hydrogens is 210 g/mol. The van der Waals surface area contributed by atoms with Gasteiger partial charge in [-0.2, -0.15) is 8.78 Å². The van der Waals surface area contributed by atoms with Crippen molar-refractivity contribution < 1.29 is 13.9 Å². The quantitative estimate of drug-likeness (QED) is 0.830. The highest BCUT2D eigenvalue weighted by molar-refractivity contribution is 6.31. The van der Waals surface area contributed by atoms with E-state index in [4.69, 9.17) is 16.7 Å². The van der Waals surface area contributed by atoms with E-state index in [0.717, 1.165) is 5.56 Å². The van der Waals surface area contributed by atoms with Gasteiger partial charge in [-0.1, -0.05) is 30.7 Å². The number of rotatable bonds is 3. The predicted molar refractivity (Wildman–Crippen MR) is 51.8 cm³/mol. The molecule has 0 fully saturated rings. The molecule has 0 aromatic heterocycles. The molecule has 1 N–H and O–H groups in total. The summed E-state index contributed by atoms with van der Waals surface area (Å²) in [6.07, 6.45) is 0.698. The Morgan fingerprint density at radius 1 is 1.43 bits per heavy atom. The Morgan fingerprint density at radius 3 is 2.50 bits per heavy atom. The molecule has 0 radical (unpaired) electrons. The van der Waals surface area contributed by atoms with Crippen LogP contribution in [-0.4, -0.2) is 11.7 Å². The Labute approximate surface area is 86.3 Å². The fourth-order valence-electron chi connectivity index (χ4n) is 1.15. The van der Waals surface area contributed by atoms with E-state index in [1.807, 2.05) is 6.92 Å². The lowest BCUT2D eigenvalue weighted by atomic mass is 10.1. The first-order valence-electron chi connectivity index (χ1n) is 4.29. The van der Waals surface area contributed by atoms with Gasteiger partial charge in [0.1, 0.15) is 6.61 Å². The maximum Gasteiger partial charge on any atom is 0.295 e. The second-order valence-electron chi connectivity index (χ2n) is 3.02. The minimum atomic E-state index is -3.21. The van der Waals surface area contributed by atoms with E-state index in [1.54, 1.807) is 6.07 Å². The van der Waals surface area contributed by atoms with Crippen molar-refractivity contribution in [2.75, 3.05) is 6.61 Å². The largest absolute Gasteiger partial charge is 0.390 e. The summed E-state index contributed by atoms with van der Waals surface area (Å²) in [5, 5.41) is 8.79. The van der Waals surface area contributed by atoms with Crippen molar-refractivity contribution >= 4 is 11.6 Å². The summed E-state index contributed by atoms with van der Waals surface area (Å²) in [4.78, 5) is 0. The molecule has 0 saturated heterocycles. The summed E-state index contributed by atoms with van der Waals surface area (Å²) < 4.78 is 26.0. The fraction of sp³-hybridized carbons (Fsp3) is 0.400. The molecule has 0 atom stereocenters. The molecule has 78 valence electrons. The summed E-state index contributed by atoms with van der Waals surface area (Å²) in [5.41, 5.74) is 0.575. The van der Waals surface area contributed by atoms with Crippen LogP contribution in [0.3, 0.4) is 0 Å². The van der Waals surface area contributed by atoms with E-state index in [2.05, 4.69) is 0 Å². The van der Waals surface area contributed by atoms with E-state index < -0.39 is 12.5 Å². The summed E-state index contributed by atoms with van der Waals surface area (Å²) in [6.45, 7) is 0.694. The first kappa shape index (κ1) is 11.4. The SMILES string of the molecule is CCc1ccc(C(F)(F)CO)cc1Cl. The average Bonchev–Trinajstić information content (AvgIpc) is 2.17. The zero-order valence-corrected chi connectivity index (χ0v) is 8.48. The van der Waals surface area contributed by atoms with Gasteiger partial charge in [0, 0.05) is 10.6 Å². The van der Waals surface area contributed by atoms with Crippen molar-refractivity contribution in [2.24, 2.45) is 0 Å². The first-order valence-corrected chi connectivity index (χ1v) is 4.66. The molecule has 0 aliphatic heterocycles. The third-order valence-electron chi connectivity index (χ3n) is 2.05. The molecule has 0 saturated carbocycles. The van der Waals surface area contributed by atoms with Gasteiger partial charge < -0.3 is 5.11 Å². The lowest BCUT2D eigenvalue weighted by Gasteiger charge is -2.14. The Morgan fingerprint density at radius 2 is 2.07 bits per heavy atom. The number of aliphatic hydroxyl groups is 1. The molecule has 0 aliphatic rings. The van der Waals surface area contributed by atoms with Crippen molar-refractivity contribution in [1.82, 2.24) is 0 Å². The highest BCUT2D eigenvalue weighted by Gasteiger charge is 2.30. The summed E-state index contributed by atoms with van der Waals surface area (Å²) in [7, 11) is 0. The van der Waals surface area contributed by atoms with E-state index in [9.17, 15) is 8.78 Å². The van der Waals surface area contributed by atoms with Crippen LogP contribution in [0.5, 0.6) is 0 Å². The van der Waals surface area contributed by atoms with Gasteiger partial charge in [0.25, 0.3) is 5.92 Å². The van der Waals surface area contributed by atoms with Crippen LogP contribution in [0.4, 0.5) is 8.78 Å². The molecule has 4 heteroatoms. The smallest absolute Gasteiger partial charge is 0.295 e. The van der Waals surface area contributed by atoms with Crippen molar-refractivity contribution in [2.45, 2.75) is 19.3 Å². The van der Waals surface area contributed by atoms with Gasteiger partial charge in [-0.3, -0.25) is 0 Å². The predicted octanol–water partition coefficient (Wildman–Crippen LogP) is 2.99. The molecule has 0 spiro atoms. The number of aryl methyl sites for hydroxylation is 1. The number of hydrogen-bond acceptors (Lipinski definition) is 1. The van der Waals surface area contributed by atoms with Gasteiger partial charge in [0.2, 0.25) is 0 Å². The lowest BCUT2D eigenvalue weighted by Crippen LogP contribution is -2.18. The van der Waals surface area contributed by atoms with Gasteiger partial charge in [-0.05, 0) is 18.1 Å². The van der Waals surface area contributed by atoms with Crippen LogP contribution >= 0.6 is 11.6 Å². The lowest BCUT2D eigenvalue weighted by molar-refractivity contribution is -0.0556. The van der Waals surface area contributed by atoms with Gasteiger partial charge >= 0.3 is 0 Å². The Balaban J connectivity index is 3.08. The van der Waals surface area contributed by atoms with Crippen molar-refractivity contribution in [3.8, 4) is 0 Å². The summed E-state index contributed by atoms with van der Waals surface area (Å²) in [5.74, 6) is -3.21. The molecule has 0 heterocycles. The van der Waals surface area contributed by atoms with Gasteiger partial charge in [-0.15, -0.1) is 0 Å². The minimum absolute atomic E-state index is 0.248. The standard InChI is InChI=1S/C10H11ClF2O/c1-2-7-3-4-8(5-9(7)11)10(12,13)6-14/h3-5,14H,2,6H2,1H3. The van der Waals surface area contributed by atoms with Gasteiger partial charge in [0.05, 0.1) is 0 Å². The van der Waals surface area contributed by atoms with Crippen LogP contribution in [0.2, 0.25) is 5.02 Å². The van der Waals surface area contributed by atoms with Crippen molar-refractivity contribution in [3.05, 3.63) is 34.3 Å². The first-order chi connectivity index (χ1) is 6.51. The molecule has 14 heavy (non-hydrogen) atoms. The molecule has 0 unspecified atom stereocenters. The van der Waals surface area contributed by atoms with Crippen LogP contribution in [-0.2, 0) is 12.3 Å².